The van der Waals surface area contributed by atoms with Gasteiger partial charge in [0.05, 0.1) is 28.8 Å². The highest BCUT2D eigenvalue weighted by Crippen LogP contribution is 2.31. The molecule has 0 radical (unpaired) electrons. The molecule has 13 heteroatoms. The maximum absolute atomic E-state index is 12.8. The SMILES string of the molecule is COc1ccccc1NS(=O)(=O)c1ccc(N/N=C/c2ccccc2OC(F)F)c([N+](=O)[O-])c1. The van der Waals surface area contributed by atoms with Crippen molar-refractivity contribution in [1.82, 2.24) is 0 Å². The lowest BCUT2D eigenvalue weighted by molar-refractivity contribution is -0.384. The number of benzene rings is 3. The number of para-hydroxylation sites is 3. The van der Waals surface area contributed by atoms with Crippen LogP contribution in [0, 0.1) is 10.1 Å². The molecule has 34 heavy (non-hydrogen) atoms. The number of nitro benzene ring substituents is 1. The third kappa shape index (κ3) is 5.95. The monoisotopic (exact) mass is 492 g/mol. The summed E-state index contributed by atoms with van der Waals surface area (Å²) >= 11 is 0. The number of rotatable bonds is 10. The number of sulfonamides is 1. The van der Waals surface area contributed by atoms with Gasteiger partial charge in [-0.3, -0.25) is 20.3 Å². The minimum atomic E-state index is -4.19. The number of nitrogens with one attached hydrogen (secondary N) is 2. The predicted octanol–water partition coefficient (Wildman–Crippen LogP) is 4.45. The van der Waals surface area contributed by atoms with E-state index in [1.165, 1.54) is 31.4 Å². The standard InChI is InChI=1S/C21H18F2N4O6S/c1-32-20-9-5-3-7-17(20)26-34(30,31)15-10-11-16(18(12-15)27(28)29)25-24-13-14-6-2-4-8-19(14)33-21(22)23/h2-13,21,25-26H,1H3/b24-13+. The summed E-state index contributed by atoms with van der Waals surface area (Å²) in [7, 11) is -2.82. The lowest BCUT2D eigenvalue weighted by Gasteiger charge is -2.12. The van der Waals surface area contributed by atoms with Crippen LogP contribution in [0.5, 0.6) is 11.5 Å². The highest BCUT2D eigenvalue weighted by Gasteiger charge is 2.22. The molecule has 0 heterocycles. The highest BCUT2D eigenvalue weighted by molar-refractivity contribution is 7.92. The van der Waals surface area contributed by atoms with E-state index in [-0.39, 0.29) is 33.3 Å². The fourth-order valence-corrected chi connectivity index (χ4v) is 3.91. The second-order valence-electron chi connectivity index (χ2n) is 6.53. The van der Waals surface area contributed by atoms with E-state index in [9.17, 15) is 27.3 Å². The molecule has 3 aromatic rings. The predicted molar refractivity (Wildman–Crippen MR) is 121 cm³/mol. The molecule has 0 aliphatic rings. The second-order valence-corrected chi connectivity index (χ2v) is 8.21. The molecule has 0 aromatic heterocycles. The Bertz CT molecular complexity index is 1320. The lowest BCUT2D eigenvalue weighted by atomic mass is 10.2. The van der Waals surface area contributed by atoms with Crippen LogP contribution in [0.15, 0.2) is 76.7 Å². The molecule has 0 fully saturated rings. The summed E-state index contributed by atoms with van der Waals surface area (Å²) in [6.07, 6.45) is 1.13. The molecule has 2 N–H and O–H groups in total. The number of halogens is 2. The van der Waals surface area contributed by atoms with Crippen molar-refractivity contribution in [1.29, 1.82) is 0 Å². The lowest BCUT2D eigenvalue weighted by Crippen LogP contribution is -2.14. The zero-order valence-corrected chi connectivity index (χ0v) is 18.3. The summed E-state index contributed by atoms with van der Waals surface area (Å²) in [5.74, 6) is 0.130. The third-order valence-electron chi connectivity index (χ3n) is 4.35. The van der Waals surface area contributed by atoms with Crippen LogP contribution in [0.1, 0.15) is 5.56 Å². The van der Waals surface area contributed by atoms with E-state index >= 15 is 0 Å². The van der Waals surface area contributed by atoms with E-state index in [0.29, 0.717) is 0 Å². The van der Waals surface area contributed by atoms with Gasteiger partial charge in [-0.1, -0.05) is 24.3 Å². The average Bonchev–Trinajstić information content (AvgIpc) is 2.80. The molecule has 10 nitrogen and oxygen atoms in total. The first-order chi connectivity index (χ1) is 16.2. The van der Waals surface area contributed by atoms with Gasteiger partial charge >= 0.3 is 6.61 Å². The molecule has 0 aliphatic carbocycles. The molecule has 3 rings (SSSR count). The molecule has 0 spiro atoms. The molecule has 0 unspecified atom stereocenters. The van der Waals surface area contributed by atoms with Crippen LogP contribution in [-0.4, -0.2) is 33.3 Å². The molecule has 0 aliphatic heterocycles. The van der Waals surface area contributed by atoms with Crippen LogP contribution in [0.4, 0.5) is 25.8 Å². The number of methoxy groups -OCH3 is 1. The van der Waals surface area contributed by atoms with Crippen LogP contribution < -0.4 is 19.6 Å². The van der Waals surface area contributed by atoms with Crippen molar-refractivity contribution >= 4 is 33.3 Å². The van der Waals surface area contributed by atoms with Gasteiger partial charge < -0.3 is 9.47 Å². The summed E-state index contributed by atoms with van der Waals surface area (Å²) in [6, 6.07) is 15.3. The van der Waals surface area contributed by atoms with Crippen molar-refractivity contribution in [3.63, 3.8) is 0 Å². The second kappa shape index (κ2) is 10.6. The quantitative estimate of drug-likeness (QED) is 0.243. The van der Waals surface area contributed by atoms with Crippen molar-refractivity contribution in [3.05, 3.63) is 82.4 Å². The largest absolute Gasteiger partial charge is 0.495 e. The Morgan fingerprint density at radius 2 is 1.71 bits per heavy atom. The number of nitrogens with zero attached hydrogens (tertiary/aromatic N) is 2. The summed E-state index contributed by atoms with van der Waals surface area (Å²) in [5.41, 5.74) is 2.08. The Balaban J connectivity index is 1.85. The van der Waals surface area contributed by atoms with Gasteiger partial charge in [-0.15, -0.1) is 0 Å². The summed E-state index contributed by atoms with van der Waals surface area (Å²) in [6.45, 7) is -3.04. The van der Waals surface area contributed by atoms with Gasteiger partial charge in [-0.2, -0.15) is 13.9 Å². The minimum absolute atomic E-state index is 0.121. The molecule has 0 saturated heterocycles. The number of hydrazone groups is 1. The van der Waals surface area contributed by atoms with Crippen LogP contribution in [-0.2, 0) is 10.0 Å². The maximum Gasteiger partial charge on any atom is 0.387 e. The normalized spacial score (nSPS) is 11.4. The van der Waals surface area contributed by atoms with E-state index in [2.05, 4.69) is 20.0 Å². The molecule has 0 atom stereocenters. The molecule has 0 bridgehead atoms. The van der Waals surface area contributed by atoms with Crippen LogP contribution >= 0.6 is 0 Å². The molecule has 0 saturated carbocycles. The Morgan fingerprint density at radius 1 is 1.03 bits per heavy atom. The van der Waals surface area contributed by atoms with Crippen molar-refractivity contribution in [2.24, 2.45) is 5.10 Å². The van der Waals surface area contributed by atoms with Crippen molar-refractivity contribution in [2.75, 3.05) is 17.3 Å². The minimum Gasteiger partial charge on any atom is -0.495 e. The fraction of sp³-hybridized carbons (Fsp3) is 0.0952. The first-order valence-electron chi connectivity index (χ1n) is 9.48. The zero-order valence-electron chi connectivity index (χ0n) is 17.5. The summed E-state index contributed by atoms with van der Waals surface area (Å²) in [5, 5.41) is 15.4. The van der Waals surface area contributed by atoms with Gasteiger partial charge in [0.2, 0.25) is 0 Å². The fourth-order valence-electron chi connectivity index (χ4n) is 2.82. The van der Waals surface area contributed by atoms with E-state index in [0.717, 1.165) is 24.4 Å². The average molecular weight is 492 g/mol. The zero-order chi connectivity index (χ0) is 24.7. The third-order valence-corrected chi connectivity index (χ3v) is 5.71. The van der Waals surface area contributed by atoms with Crippen LogP contribution in [0.3, 0.4) is 0 Å². The summed E-state index contributed by atoms with van der Waals surface area (Å²) in [4.78, 5) is 10.4. The summed E-state index contributed by atoms with van der Waals surface area (Å²) < 4.78 is 62.4. The maximum atomic E-state index is 12.8. The Kier molecular flexibility index (Phi) is 7.58. The Labute approximate surface area is 193 Å². The molecule has 0 amide bonds. The smallest absolute Gasteiger partial charge is 0.387 e. The Hall–Kier alpha value is -4.26. The number of nitro groups is 1. The topological polar surface area (TPSA) is 132 Å². The number of alkyl halides is 2. The van der Waals surface area contributed by atoms with Gasteiger partial charge in [0.1, 0.15) is 17.2 Å². The molecular weight excluding hydrogens is 474 g/mol. The van der Waals surface area contributed by atoms with E-state index in [1.54, 1.807) is 24.3 Å². The number of hydrogen-bond acceptors (Lipinski definition) is 8. The van der Waals surface area contributed by atoms with Crippen LogP contribution in [0.25, 0.3) is 0 Å². The molecule has 178 valence electrons. The molecule has 3 aromatic carbocycles. The van der Waals surface area contributed by atoms with Crippen molar-refractivity contribution < 1.29 is 31.6 Å². The van der Waals surface area contributed by atoms with Gasteiger partial charge in [0.15, 0.2) is 0 Å². The highest BCUT2D eigenvalue weighted by atomic mass is 32.2. The number of hydrogen-bond donors (Lipinski definition) is 2. The van der Waals surface area contributed by atoms with Gasteiger partial charge in [-0.25, -0.2) is 8.42 Å². The number of anilines is 2. The van der Waals surface area contributed by atoms with E-state index in [1.807, 2.05) is 0 Å². The van der Waals surface area contributed by atoms with Crippen LogP contribution in [0.2, 0.25) is 0 Å². The van der Waals surface area contributed by atoms with E-state index in [4.69, 9.17) is 4.74 Å². The van der Waals surface area contributed by atoms with Crippen molar-refractivity contribution in [2.45, 2.75) is 11.5 Å². The van der Waals surface area contributed by atoms with Gasteiger partial charge in [-0.05, 0) is 36.4 Å². The van der Waals surface area contributed by atoms with Crippen molar-refractivity contribution in [3.8, 4) is 11.5 Å². The first kappa shape index (κ1) is 24.4. The van der Waals surface area contributed by atoms with Gasteiger partial charge in [0.25, 0.3) is 15.7 Å². The van der Waals surface area contributed by atoms with E-state index < -0.39 is 27.2 Å². The van der Waals surface area contributed by atoms with Gasteiger partial charge in [0, 0.05) is 11.6 Å². The Morgan fingerprint density at radius 3 is 2.38 bits per heavy atom. The number of ether oxygens (including phenoxy) is 2. The first-order valence-corrected chi connectivity index (χ1v) is 11.0. The molecular formula is C21H18F2N4O6S.